The fraction of sp³-hybridized carbons (Fsp3) is 0.192. The highest BCUT2D eigenvalue weighted by atomic mass is 16.7. The summed E-state index contributed by atoms with van der Waals surface area (Å²) in [5.74, 6) is -2.05. The summed E-state index contributed by atoms with van der Waals surface area (Å²) in [6, 6.07) is 24.7. The van der Waals surface area contributed by atoms with Gasteiger partial charge in [0, 0.05) is 0 Å². The molecular weight excluding hydrogens is 440 g/mol. The minimum absolute atomic E-state index is 0.252. The summed E-state index contributed by atoms with van der Waals surface area (Å²) >= 11 is 0. The number of benzene rings is 3. The lowest BCUT2D eigenvalue weighted by Gasteiger charge is -2.23. The molecule has 0 amide bonds. The minimum atomic E-state index is -1.60. The van der Waals surface area contributed by atoms with Crippen molar-refractivity contribution >= 4 is 17.9 Å². The van der Waals surface area contributed by atoms with Gasteiger partial charge in [-0.1, -0.05) is 54.6 Å². The van der Waals surface area contributed by atoms with E-state index in [0.717, 1.165) is 0 Å². The number of esters is 3. The van der Waals surface area contributed by atoms with Gasteiger partial charge in [-0.05, 0) is 36.4 Å². The number of aliphatic hydroxyl groups is 1. The van der Waals surface area contributed by atoms with E-state index in [1.807, 2.05) is 0 Å². The number of aliphatic hydroxyl groups excluding tert-OH is 1. The van der Waals surface area contributed by atoms with E-state index in [4.69, 9.17) is 18.9 Å². The Morgan fingerprint density at radius 3 is 1.53 bits per heavy atom. The third-order valence-corrected chi connectivity index (χ3v) is 5.18. The lowest BCUT2D eigenvalue weighted by Crippen LogP contribution is -2.42. The predicted octanol–water partition coefficient (Wildman–Crippen LogP) is 3.01. The summed E-state index contributed by atoms with van der Waals surface area (Å²) < 4.78 is 21.8. The van der Waals surface area contributed by atoms with E-state index in [-0.39, 0.29) is 17.7 Å². The number of hydrogen-bond donors (Lipinski definition) is 1. The molecule has 8 heteroatoms. The maximum absolute atomic E-state index is 12.7. The van der Waals surface area contributed by atoms with Gasteiger partial charge in [-0.25, -0.2) is 14.4 Å². The van der Waals surface area contributed by atoms with Crippen LogP contribution in [0.25, 0.3) is 0 Å². The van der Waals surface area contributed by atoms with Gasteiger partial charge in [0.2, 0.25) is 0 Å². The Morgan fingerprint density at radius 1 is 0.647 bits per heavy atom. The highest BCUT2D eigenvalue weighted by Crippen LogP contribution is 2.28. The average molecular weight is 462 g/mol. The summed E-state index contributed by atoms with van der Waals surface area (Å²) in [6.45, 7) is -0.336. The molecule has 1 saturated heterocycles. The Kier molecular flexibility index (Phi) is 7.31. The van der Waals surface area contributed by atoms with Gasteiger partial charge in [0.15, 0.2) is 18.5 Å². The molecule has 0 radical (unpaired) electrons. The van der Waals surface area contributed by atoms with Gasteiger partial charge in [0.05, 0.1) is 16.7 Å². The molecule has 0 saturated carbocycles. The molecule has 8 nitrogen and oxygen atoms in total. The fourth-order valence-corrected chi connectivity index (χ4v) is 3.46. The Morgan fingerprint density at radius 2 is 1.06 bits per heavy atom. The van der Waals surface area contributed by atoms with Gasteiger partial charge in [0.1, 0.15) is 12.7 Å². The Labute approximate surface area is 195 Å². The zero-order valence-corrected chi connectivity index (χ0v) is 18.0. The highest BCUT2D eigenvalue weighted by Gasteiger charge is 2.50. The van der Waals surface area contributed by atoms with Crippen molar-refractivity contribution in [3.8, 4) is 0 Å². The predicted molar refractivity (Wildman–Crippen MR) is 119 cm³/mol. The largest absolute Gasteiger partial charge is 0.459 e. The molecule has 1 heterocycles. The first-order chi connectivity index (χ1) is 16.5. The van der Waals surface area contributed by atoms with E-state index < -0.39 is 42.5 Å². The van der Waals surface area contributed by atoms with Crippen LogP contribution in [0, 0.1) is 0 Å². The number of hydrogen-bond acceptors (Lipinski definition) is 8. The standard InChI is InChI=1S/C26H22O8/c27-23(17-10-4-1-5-11-17)31-16-20-21(33-24(28)18-12-6-2-7-13-18)22(26(30)32-20)34-25(29)19-14-8-3-9-15-19/h1-15,20-22,26,30H,16H2/t20-,21?,22-,26-/m0/s1. The van der Waals surface area contributed by atoms with Crippen LogP contribution in [0.4, 0.5) is 0 Å². The van der Waals surface area contributed by atoms with Crippen molar-refractivity contribution in [2.75, 3.05) is 6.61 Å². The van der Waals surface area contributed by atoms with Crippen LogP contribution < -0.4 is 0 Å². The lowest BCUT2D eigenvalue weighted by atomic mass is 10.1. The Bertz CT molecular complexity index is 1120. The van der Waals surface area contributed by atoms with E-state index in [1.165, 1.54) is 0 Å². The lowest BCUT2D eigenvalue weighted by molar-refractivity contribution is -0.135. The van der Waals surface area contributed by atoms with Crippen LogP contribution in [0.15, 0.2) is 91.0 Å². The van der Waals surface area contributed by atoms with Gasteiger partial charge in [0.25, 0.3) is 0 Å². The van der Waals surface area contributed by atoms with Crippen LogP contribution in [-0.4, -0.2) is 54.2 Å². The van der Waals surface area contributed by atoms with Crippen molar-refractivity contribution in [1.29, 1.82) is 0 Å². The molecule has 3 aromatic carbocycles. The molecule has 1 N–H and O–H groups in total. The average Bonchev–Trinajstić information content (AvgIpc) is 3.17. The van der Waals surface area contributed by atoms with Crippen molar-refractivity contribution in [3.05, 3.63) is 108 Å². The molecule has 1 unspecified atom stereocenters. The van der Waals surface area contributed by atoms with Crippen LogP contribution in [-0.2, 0) is 18.9 Å². The van der Waals surface area contributed by atoms with Gasteiger partial charge in [-0.2, -0.15) is 0 Å². The van der Waals surface area contributed by atoms with E-state index in [1.54, 1.807) is 91.0 Å². The normalized spacial score (nSPS) is 21.4. The molecular formula is C26H22O8. The second kappa shape index (κ2) is 10.7. The first kappa shape index (κ1) is 23.2. The molecule has 0 bridgehead atoms. The molecule has 34 heavy (non-hydrogen) atoms. The van der Waals surface area contributed by atoms with Crippen molar-refractivity contribution in [2.45, 2.75) is 24.6 Å². The monoisotopic (exact) mass is 462 g/mol. The Hall–Kier alpha value is -4.01. The third-order valence-electron chi connectivity index (χ3n) is 5.18. The third kappa shape index (κ3) is 5.48. The topological polar surface area (TPSA) is 108 Å². The molecule has 1 aliphatic heterocycles. The maximum Gasteiger partial charge on any atom is 0.338 e. The zero-order valence-electron chi connectivity index (χ0n) is 18.0. The van der Waals surface area contributed by atoms with E-state index >= 15 is 0 Å². The van der Waals surface area contributed by atoms with Crippen LogP contribution in [0.2, 0.25) is 0 Å². The van der Waals surface area contributed by atoms with Crippen LogP contribution in [0.5, 0.6) is 0 Å². The fourth-order valence-electron chi connectivity index (χ4n) is 3.46. The quantitative estimate of drug-likeness (QED) is 0.422. The number of ether oxygens (including phenoxy) is 4. The van der Waals surface area contributed by atoms with E-state index in [0.29, 0.717) is 5.56 Å². The second-order valence-electron chi connectivity index (χ2n) is 7.50. The van der Waals surface area contributed by atoms with Crippen LogP contribution in [0.3, 0.4) is 0 Å². The summed E-state index contributed by atoms with van der Waals surface area (Å²) in [6.07, 6.45) is -5.22. The van der Waals surface area contributed by atoms with Crippen LogP contribution in [0.1, 0.15) is 31.1 Å². The summed E-state index contributed by atoms with van der Waals surface area (Å²) in [5.41, 5.74) is 0.838. The van der Waals surface area contributed by atoms with Crippen LogP contribution >= 0.6 is 0 Å². The number of carbonyl (C=O) groups is 3. The molecule has 1 aliphatic rings. The first-order valence-corrected chi connectivity index (χ1v) is 10.6. The molecule has 0 aromatic heterocycles. The molecule has 4 atom stereocenters. The van der Waals surface area contributed by atoms with Crippen molar-refractivity contribution < 1.29 is 38.4 Å². The molecule has 1 fully saturated rings. The maximum atomic E-state index is 12.7. The molecule has 4 rings (SSSR count). The van der Waals surface area contributed by atoms with Gasteiger partial charge in [-0.3, -0.25) is 0 Å². The van der Waals surface area contributed by atoms with Gasteiger partial charge < -0.3 is 24.1 Å². The van der Waals surface area contributed by atoms with E-state index in [2.05, 4.69) is 0 Å². The van der Waals surface area contributed by atoms with Crippen molar-refractivity contribution in [1.82, 2.24) is 0 Å². The number of carbonyl (C=O) groups excluding carboxylic acids is 3. The second-order valence-corrected chi connectivity index (χ2v) is 7.50. The van der Waals surface area contributed by atoms with Crippen molar-refractivity contribution in [3.63, 3.8) is 0 Å². The Balaban J connectivity index is 1.51. The van der Waals surface area contributed by atoms with E-state index in [9.17, 15) is 19.5 Å². The molecule has 0 aliphatic carbocycles. The first-order valence-electron chi connectivity index (χ1n) is 10.6. The summed E-state index contributed by atoms with van der Waals surface area (Å²) in [5, 5.41) is 10.5. The molecule has 3 aromatic rings. The number of rotatable bonds is 7. The van der Waals surface area contributed by atoms with Gasteiger partial charge >= 0.3 is 17.9 Å². The summed E-state index contributed by atoms with van der Waals surface area (Å²) in [4.78, 5) is 37.6. The van der Waals surface area contributed by atoms with Crippen molar-refractivity contribution in [2.24, 2.45) is 0 Å². The van der Waals surface area contributed by atoms with Gasteiger partial charge in [-0.15, -0.1) is 0 Å². The highest BCUT2D eigenvalue weighted by molar-refractivity contribution is 5.90. The zero-order chi connectivity index (χ0) is 23.9. The molecule has 0 spiro atoms. The smallest absolute Gasteiger partial charge is 0.338 e. The minimum Gasteiger partial charge on any atom is -0.459 e. The molecule has 174 valence electrons. The SMILES string of the molecule is O=C(OC[C@@H]1O[C@H](O)[C@@H](OC(=O)c2ccccc2)C1OC(=O)c1ccccc1)c1ccccc1. The summed E-state index contributed by atoms with van der Waals surface area (Å²) in [7, 11) is 0.